The molecule has 3 rings (SSSR count). The van der Waals surface area contributed by atoms with Crippen LogP contribution in [0.5, 0.6) is 5.75 Å². The van der Waals surface area contributed by atoms with Crippen molar-refractivity contribution in [2.24, 2.45) is 0 Å². The van der Waals surface area contributed by atoms with Gasteiger partial charge in [0.05, 0.1) is 11.9 Å². The Labute approximate surface area is 108 Å². The molecule has 2 aromatic heterocycles. The molecule has 0 saturated heterocycles. The van der Waals surface area contributed by atoms with Crippen molar-refractivity contribution in [2.45, 2.75) is 6.42 Å². The van der Waals surface area contributed by atoms with Crippen molar-refractivity contribution < 1.29 is 5.11 Å². The fourth-order valence-electron chi connectivity index (χ4n) is 1.84. The van der Waals surface area contributed by atoms with Crippen LogP contribution in [-0.2, 0) is 6.42 Å². The maximum Gasteiger partial charge on any atom is 0.153 e. The van der Waals surface area contributed by atoms with Gasteiger partial charge in [0, 0.05) is 6.42 Å². The Bertz CT molecular complexity index is 691. The molecule has 18 heavy (non-hydrogen) atoms. The van der Waals surface area contributed by atoms with Crippen molar-refractivity contribution in [1.29, 1.82) is 0 Å². The van der Waals surface area contributed by atoms with Crippen molar-refractivity contribution in [3.63, 3.8) is 0 Å². The minimum atomic E-state index is 0.262. The SMILES string of the molecule is Oc1ccc(Cc2cnc3ccc(Cl)nn23)cc1. The molecule has 0 atom stereocenters. The molecule has 1 aromatic carbocycles. The van der Waals surface area contributed by atoms with E-state index in [1.165, 1.54) is 0 Å². The topological polar surface area (TPSA) is 50.4 Å². The van der Waals surface area contributed by atoms with E-state index in [-0.39, 0.29) is 5.75 Å². The van der Waals surface area contributed by atoms with Gasteiger partial charge in [-0.3, -0.25) is 0 Å². The van der Waals surface area contributed by atoms with Crippen LogP contribution < -0.4 is 0 Å². The number of benzene rings is 1. The van der Waals surface area contributed by atoms with E-state index in [0.717, 1.165) is 16.9 Å². The number of phenolic OH excluding ortho intramolecular Hbond substituents is 1. The number of hydrogen-bond donors (Lipinski definition) is 1. The second kappa shape index (κ2) is 4.31. The van der Waals surface area contributed by atoms with Crippen LogP contribution in [0, 0.1) is 0 Å². The first kappa shape index (κ1) is 11.0. The lowest BCUT2D eigenvalue weighted by Gasteiger charge is -2.02. The smallest absolute Gasteiger partial charge is 0.153 e. The van der Waals surface area contributed by atoms with Crippen molar-refractivity contribution in [1.82, 2.24) is 14.6 Å². The van der Waals surface area contributed by atoms with Crippen LogP contribution in [-0.4, -0.2) is 19.7 Å². The molecule has 0 saturated carbocycles. The van der Waals surface area contributed by atoms with Gasteiger partial charge in [-0.25, -0.2) is 9.50 Å². The predicted molar refractivity (Wildman–Crippen MR) is 68.9 cm³/mol. The zero-order valence-electron chi connectivity index (χ0n) is 9.42. The molecule has 0 fully saturated rings. The summed E-state index contributed by atoms with van der Waals surface area (Å²) in [5.74, 6) is 0.262. The Hall–Kier alpha value is -2.07. The molecule has 1 N–H and O–H groups in total. The summed E-state index contributed by atoms with van der Waals surface area (Å²) in [5, 5.41) is 13.9. The van der Waals surface area contributed by atoms with Crippen LogP contribution in [0.15, 0.2) is 42.6 Å². The number of aromatic hydroxyl groups is 1. The minimum absolute atomic E-state index is 0.262. The second-order valence-electron chi connectivity index (χ2n) is 4.02. The first-order valence-electron chi connectivity index (χ1n) is 5.49. The summed E-state index contributed by atoms with van der Waals surface area (Å²) in [6.07, 6.45) is 2.47. The van der Waals surface area contributed by atoms with E-state index in [1.807, 2.05) is 18.2 Å². The molecule has 0 radical (unpaired) electrons. The van der Waals surface area contributed by atoms with Gasteiger partial charge in [0.1, 0.15) is 10.9 Å². The molecular formula is C13H10ClN3O. The van der Waals surface area contributed by atoms with Crippen LogP contribution in [0.4, 0.5) is 0 Å². The summed E-state index contributed by atoms with van der Waals surface area (Å²) < 4.78 is 1.73. The summed E-state index contributed by atoms with van der Waals surface area (Å²) in [7, 11) is 0. The van der Waals surface area contributed by atoms with Crippen LogP contribution in [0.1, 0.15) is 11.3 Å². The molecule has 0 amide bonds. The lowest BCUT2D eigenvalue weighted by Crippen LogP contribution is -1.98. The lowest BCUT2D eigenvalue weighted by molar-refractivity contribution is 0.475. The summed E-state index contributed by atoms with van der Waals surface area (Å²) in [6, 6.07) is 10.6. The zero-order chi connectivity index (χ0) is 12.5. The summed E-state index contributed by atoms with van der Waals surface area (Å²) >= 11 is 5.88. The maximum atomic E-state index is 9.24. The Kier molecular flexibility index (Phi) is 2.64. The van der Waals surface area contributed by atoms with E-state index >= 15 is 0 Å². The summed E-state index contributed by atoms with van der Waals surface area (Å²) in [5.41, 5.74) is 2.81. The molecule has 0 aliphatic carbocycles. The molecule has 3 aromatic rings. The Balaban J connectivity index is 1.99. The third kappa shape index (κ3) is 2.02. The van der Waals surface area contributed by atoms with Gasteiger partial charge in [-0.15, -0.1) is 0 Å². The van der Waals surface area contributed by atoms with Gasteiger partial charge >= 0.3 is 0 Å². The summed E-state index contributed by atoms with van der Waals surface area (Å²) in [6.45, 7) is 0. The third-order valence-electron chi connectivity index (χ3n) is 2.72. The number of fused-ring (bicyclic) bond motifs is 1. The highest BCUT2D eigenvalue weighted by molar-refractivity contribution is 6.29. The number of hydrogen-bond acceptors (Lipinski definition) is 3. The average molecular weight is 260 g/mol. The first-order chi connectivity index (χ1) is 8.72. The Morgan fingerprint density at radius 3 is 2.67 bits per heavy atom. The number of aromatic nitrogens is 3. The van der Waals surface area contributed by atoms with Gasteiger partial charge in [-0.2, -0.15) is 5.10 Å². The molecule has 5 heteroatoms. The number of rotatable bonds is 2. The first-order valence-corrected chi connectivity index (χ1v) is 5.87. The van der Waals surface area contributed by atoms with Crippen LogP contribution in [0.3, 0.4) is 0 Å². The molecular weight excluding hydrogens is 250 g/mol. The van der Waals surface area contributed by atoms with E-state index < -0.39 is 0 Å². The van der Waals surface area contributed by atoms with Gasteiger partial charge in [-0.1, -0.05) is 23.7 Å². The largest absolute Gasteiger partial charge is 0.508 e. The lowest BCUT2D eigenvalue weighted by atomic mass is 10.1. The minimum Gasteiger partial charge on any atom is -0.508 e. The van der Waals surface area contributed by atoms with Crippen molar-refractivity contribution in [3.05, 3.63) is 59.0 Å². The molecule has 90 valence electrons. The molecule has 0 aliphatic rings. The maximum absolute atomic E-state index is 9.24. The highest BCUT2D eigenvalue weighted by atomic mass is 35.5. The van der Waals surface area contributed by atoms with E-state index in [4.69, 9.17) is 11.6 Å². The molecule has 0 unspecified atom stereocenters. The van der Waals surface area contributed by atoms with Crippen molar-refractivity contribution >= 4 is 17.2 Å². The van der Waals surface area contributed by atoms with Gasteiger partial charge in [-0.05, 0) is 29.8 Å². The second-order valence-corrected chi connectivity index (χ2v) is 4.41. The van der Waals surface area contributed by atoms with E-state index in [9.17, 15) is 5.11 Å². The van der Waals surface area contributed by atoms with Crippen LogP contribution in [0.25, 0.3) is 5.65 Å². The number of imidazole rings is 1. The third-order valence-corrected chi connectivity index (χ3v) is 2.92. The number of halogens is 1. The van der Waals surface area contributed by atoms with Crippen molar-refractivity contribution in [3.8, 4) is 5.75 Å². The fraction of sp³-hybridized carbons (Fsp3) is 0.0769. The Morgan fingerprint density at radius 2 is 1.89 bits per heavy atom. The van der Waals surface area contributed by atoms with Gasteiger partial charge < -0.3 is 5.11 Å². The molecule has 4 nitrogen and oxygen atoms in total. The average Bonchev–Trinajstić information content (AvgIpc) is 2.75. The van der Waals surface area contributed by atoms with Crippen molar-refractivity contribution in [2.75, 3.05) is 0 Å². The number of phenols is 1. The molecule has 0 spiro atoms. The molecule has 0 bridgehead atoms. The fourth-order valence-corrected chi connectivity index (χ4v) is 1.98. The molecule has 2 heterocycles. The van der Waals surface area contributed by atoms with Gasteiger partial charge in [0.2, 0.25) is 0 Å². The zero-order valence-corrected chi connectivity index (χ0v) is 10.2. The number of nitrogens with zero attached hydrogens (tertiary/aromatic N) is 3. The predicted octanol–water partition coefficient (Wildman–Crippen LogP) is 2.68. The molecule has 0 aliphatic heterocycles. The highest BCUT2D eigenvalue weighted by Crippen LogP contribution is 2.15. The highest BCUT2D eigenvalue weighted by Gasteiger charge is 2.06. The van der Waals surface area contributed by atoms with Crippen LogP contribution >= 0.6 is 11.6 Å². The van der Waals surface area contributed by atoms with E-state index in [0.29, 0.717) is 11.6 Å². The summed E-state index contributed by atoms with van der Waals surface area (Å²) in [4.78, 5) is 4.27. The van der Waals surface area contributed by atoms with E-state index in [1.54, 1.807) is 28.9 Å². The Morgan fingerprint density at radius 1 is 1.11 bits per heavy atom. The van der Waals surface area contributed by atoms with Crippen LogP contribution in [0.2, 0.25) is 5.15 Å². The van der Waals surface area contributed by atoms with E-state index in [2.05, 4.69) is 10.1 Å². The normalized spacial score (nSPS) is 10.9. The quantitative estimate of drug-likeness (QED) is 0.770. The monoisotopic (exact) mass is 259 g/mol. The standard InChI is InChI=1S/C13H10ClN3O/c14-12-5-6-13-15-8-10(17(13)16-12)7-9-1-3-11(18)4-2-9/h1-6,8,18H,7H2. The van der Waals surface area contributed by atoms with Gasteiger partial charge in [0.15, 0.2) is 5.65 Å². The van der Waals surface area contributed by atoms with Gasteiger partial charge in [0.25, 0.3) is 0 Å².